The van der Waals surface area contributed by atoms with Crippen LogP contribution < -0.4 is 19.7 Å². The van der Waals surface area contributed by atoms with Gasteiger partial charge in [0.25, 0.3) is 11.8 Å². The molecule has 1 heterocycles. The van der Waals surface area contributed by atoms with Crippen LogP contribution in [0.3, 0.4) is 0 Å². The molecule has 4 amide bonds. The Labute approximate surface area is 221 Å². The van der Waals surface area contributed by atoms with Crippen LogP contribution in [0.2, 0.25) is 5.02 Å². The highest BCUT2D eigenvalue weighted by molar-refractivity contribution is 6.39. The average molecular weight is 539 g/mol. The molecular formula is C27H20ClFN2O7. The third-order valence-corrected chi connectivity index (χ3v) is 5.69. The molecule has 0 saturated carbocycles. The minimum Gasteiger partial charge on any atom is -0.490 e. The van der Waals surface area contributed by atoms with E-state index in [1.807, 2.05) is 0 Å². The summed E-state index contributed by atoms with van der Waals surface area (Å²) in [6.45, 7) is 2.09. The van der Waals surface area contributed by atoms with Crippen LogP contribution in [0.5, 0.6) is 11.5 Å². The van der Waals surface area contributed by atoms with E-state index in [2.05, 4.69) is 5.32 Å². The molecule has 0 spiro atoms. The van der Waals surface area contributed by atoms with Gasteiger partial charge in [-0.3, -0.25) is 14.9 Å². The molecule has 9 nitrogen and oxygen atoms in total. The van der Waals surface area contributed by atoms with Crippen molar-refractivity contribution in [3.63, 3.8) is 0 Å². The summed E-state index contributed by atoms with van der Waals surface area (Å²) in [4.78, 5) is 50.0. The van der Waals surface area contributed by atoms with Crippen molar-refractivity contribution in [2.75, 3.05) is 11.5 Å². The first-order chi connectivity index (χ1) is 18.2. The van der Waals surface area contributed by atoms with Gasteiger partial charge in [-0.05, 0) is 72.7 Å². The zero-order valence-electron chi connectivity index (χ0n) is 19.9. The maximum absolute atomic E-state index is 13.2. The van der Waals surface area contributed by atoms with Gasteiger partial charge >= 0.3 is 12.0 Å². The molecular weight excluding hydrogens is 519 g/mol. The molecule has 11 heteroatoms. The number of rotatable bonds is 8. The van der Waals surface area contributed by atoms with Gasteiger partial charge in [0.1, 0.15) is 18.0 Å². The lowest BCUT2D eigenvalue weighted by atomic mass is 10.1. The van der Waals surface area contributed by atoms with E-state index in [-0.39, 0.29) is 52.4 Å². The minimum atomic E-state index is -1.17. The maximum Gasteiger partial charge on any atom is 0.335 e. The molecule has 1 aliphatic heterocycles. The van der Waals surface area contributed by atoms with Crippen LogP contribution in [0.1, 0.15) is 28.4 Å². The van der Waals surface area contributed by atoms with Crippen LogP contribution in [0.25, 0.3) is 6.08 Å². The van der Waals surface area contributed by atoms with Crippen LogP contribution >= 0.6 is 11.6 Å². The molecule has 0 atom stereocenters. The highest BCUT2D eigenvalue weighted by Crippen LogP contribution is 2.38. The molecule has 0 bridgehead atoms. The van der Waals surface area contributed by atoms with Crippen molar-refractivity contribution in [3.8, 4) is 11.5 Å². The summed E-state index contributed by atoms with van der Waals surface area (Å²) in [5.74, 6) is -2.91. The maximum atomic E-state index is 13.2. The lowest BCUT2D eigenvalue weighted by Gasteiger charge is -2.26. The molecule has 0 unspecified atom stereocenters. The van der Waals surface area contributed by atoms with Gasteiger partial charge in [-0.2, -0.15) is 0 Å². The molecule has 194 valence electrons. The number of anilines is 1. The number of halogens is 2. The summed E-state index contributed by atoms with van der Waals surface area (Å²) in [5, 5.41) is 11.3. The fraction of sp³-hybridized carbons (Fsp3) is 0.111. The molecule has 1 saturated heterocycles. The first kappa shape index (κ1) is 26.4. The van der Waals surface area contributed by atoms with Crippen LogP contribution in [-0.2, 0) is 16.2 Å². The average Bonchev–Trinajstić information content (AvgIpc) is 2.87. The monoisotopic (exact) mass is 538 g/mol. The molecule has 3 aromatic carbocycles. The Balaban J connectivity index is 1.64. The van der Waals surface area contributed by atoms with E-state index in [4.69, 9.17) is 26.2 Å². The lowest BCUT2D eigenvalue weighted by molar-refractivity contribution is -0.122. The Morgan fingerprint density at radius 1 is 1.05 bits per heavy atom. The predicted octanol–water partition coefficient (Wildman–Crippen LogP) is 4.82. The third kappa shape index (κ3) is 5.65. The Hall–Kier alpha value is -4.70. The molecule has 1 fully saturated rings. The van der Waals surface area contributed by atoms with E-state index in [9.17, 15) is 23.6 Å². The van der Waals surface area contributed by atoms with Gasteiger partial charge in [-0.15, -0.1) is 0 Å². The molecule has 0 radical (unpaired) electrons. The van der Waals surface area contributed by atoms with Crippen molar-refractivity contribution in [2.45, 2.75) is 13.5 Å². The number of hydrogen-bond acceptors (Lipinski definition) is 6. The van der Waals surface area contributed by atoms with Gasteiger partial charge in [-0.25, -0.2) is 18.9 Å². The van der Waals surface area contributed by atoms with Crippen LogP contribution in [-0.4, -0.2) is 35.5 Å². The number of urea groups is 1. The van der Waals surface area contributed by atoms with E-state index in [1.165, 1.54) is 54.6 Å². The Bertz CT molecular complexity index is 1450. The molecule has 4 rings (SSSR count). The molecule has 3 aromatic rings. The number of carboxylic acid groups (broad SMARTS) is 1. The first-order valence-corrected chi connectivity index (χ1v) is 11.6. The van der Waals surface area contributed by atoms with Gasteiger partial charge in [0.15, 0.2) is 11.5 Å². The molecule has 2 N–H and O–H groups in total. The van der Waals surface area contributed by atoms with Crippen LogP contribution in [0, 0.1) is 5.82 Å². The second-order valence-electron chi connectivity index (χ2n) is 7.99. The number of amides is 4. The zero-order valence-corrected chi connectivity index (χ0v) is 20.6. The van der Waals surface area contributed by atoms with Gasteiger partial charge < -0.3 is 14.6 Å². The molecule has 0 aliphatic carbocycles. The number of imide groups is 2. The summed E-state index contributed by atoms with van der Waals surface area (Å²) in [5.41, 5.74) is 0.701. The zero-order chi connectivity index (χ0) is 27.4. The number of nitrogens with zero attached hydrogens (tertiary/aromatic N) is 1. The number of barbiturate groups is 1. The second-order valence-corrected chi connectivity index (χ2v) is 8.40. The first-order valence-electron chi connectivity index (χ1n) is 11.3. The summed E-state index contributed by atoms with van der Waals surface area (Å²) >= 11 is 6.45. The highest BCUT2D eigenvalue weighted by atomic mass is 35.5. The molecule has 38 heavy (non-hydrogen) atoms. The van der Waals surface area contributed by atoms with Gasteiger partial charge in [0.2, 0.25) is 0 Å². The van der Waals surface area contributed by atoms with Crippen molar-refractivity contribution in [1.82, 2.24) is 5.32 Å². The van der Waals surface area contributed by atoms with Crippen molar-refractivity contribution < 1.29 is 38.1 Å². The van der Waals surface area contributed by atoms with Crippen molar-refractivity contribution in [2.24, 2.45) is 0 Å². The standard InChI is InChI=1S/C27H20ClFN2O7/c1-2-37-22-13-16(12-21(28)23(22)38-14-15-3-7-18(29)8-4-15)11-20-24(32)30-27(36)31(25(20)33)19-9-5-17(6-10-19)26(34)35/h3-13H,2,14H2,1H3,(H,34,35)(H,30,32,36)/b20-11+. The van der Waals surface area contributed by atoms with E-state index < -0.39 is 23.8 Å². The normalized spacial score (nSPS) is 14.4. The van der Waals surface area contributed by atoms with E-state index in [1.54, 1.807) is 19.1 Å². The Kier molecular flexibility index (Phi) is 7.73. The lowest BCUT2D eigenvalue weighted by Crippen LogP contribution is -2.54. The quantitative estimate of drug-likeness (QED) is 0.311. The van der Waals surface area contributed by atoms with E-state index in [0.29, 0.717) is 11.1 Å². The van der Waals surface area contributed by atoms with Crippen molar-refractivity contribution >= 4 is 47.2 Å². The number of carbonyl (C=O) groups excluding carboxylic acids is 3. The van der Waals surface area contributed by atoms with Crippen molar-refractivity contribution in [3.05, 3.63) is 93.8 Å². The number of ether oxygens (including phenoxy) is 2. The third-order valence-electron chi connectivity index (χ3n) is 5.41. The fourth-order valence-corrected chi connectivity index (χ4v) is 3.90. The van der Waals surface area contributed by atoms with Crippen LogP contribution in [0.4, 0.5) is 14.9 Å². The number of hydrogen-bond donors (Lipinski definition) is 2. The largest absolute Gasteiger partial charge is 0.490 e. The SMILES string of the molecule is CCOc1cc(/C=C2\C(=O)NC(=O)N(c3ccc(C(=O)O)cc3)C2=O)cc(Cl)c1OCc1ccc(F)cc1. The van der Waals surface area contributed by atoms with E-state index in [0.717, 1.165) is 4.90 Å². The summed E-state index contributed by atoms with van der Waals surface area (Å²) in [6.07, 6.45) is 1.25. The predicted molar refractivity (Wildman–Crippen MR) is 136 cm³/mol. The number of nitrogens with one attached hydrogen (secondary N) is 1. The summed E-state index contributed by atoms with van der Waals surface area (Å²) in [6, 6.07) is 12.8. The summed E-state index contributed by atoms with van der Waals surface area (Å²) in [7, 11) is 0. The fourth-order valence-electron chi connectivity index (χ4n) is 3.62. The Morgan fingerprint density at radius 3 is 2.37 bits per heavy atom. The Morgan fingerprint density at radius 2 is 1.74 bits per heavy atom. The summed E-state index contributed by atoms with van der Waals surface area (Å²) < 4.78 is 24.6. The number of benzene rings is 3. The molecule has 1 aliphatic rings. The number of carboxylic acids is 1. The van der Waals surface area contributed by atoms with Crippen molar-refractivity contribution in [1.29, 1.82) is 0 Å². The number of carbonyl (C=O) groups is 4. The van der Waals surface area contributed by atoms with Gasteiger partial charge in [0, 0.05) is 0 Å². The minimum absolute atomic E-state index is 0.0368. The highest BCUT2D eigenvalue weighted by Gasteiger charge is 2.37. The van der Waals surface area contributed by atoms with Gasteiger partial charge in [-0.1, -0.05) is 23.7 Å². The smallest absolute Gasteiger partial charge is 0.335 e. The van der Waals surface area contributed by atoms with Gasteiger partial charge in [0.05, 0.1) is 22.9 Å². The topological polar surface area (TPSA) is 122 Å². The number of aromatic carboxylic acids is 1. The van der Waals surface area contributed by atoms with E-state index >= 15 is 0 Å². The molecule has 0 aromatic heterocycles. The second kappa shape index (κ2) is 11.1. The van der Waals surface area contributed by atoms with Crippen LogP contribution in [0.15, 0.2) is 66.2 Å².